The summed E-state index contributed by atoms with van der Waals surface area (Å²) in [5.41, 5.74) is 1.10. The predicted octanol–water partition coefficient (Wildman–Crippen LogP) is 2.25. The molecular weight excluding hydrogens is 271 g/mol. The lowest BCUT2D eigenvalue weighted by molar-refractivity contribution is -0.139. The van der Waals surface area contributed by atoms with Gasteiger partial charge >= 0.3 is 0 Å². The Labute approximate surface area is 123 Å². The first-order chi connectivity index (χ1) is 10.1. The molecule has 4 nitrogen and oxygen atoms in total. The van der Waals surface area contributed by atoms with Crippen molar-refractivity contribution >= 4 is 17.5 Å². The van der Waals surface area contributed by atoms with E-state index in [1.807, 2.05) is 6.92 Å². The van der Waals surface area contributed by atoms with Crippen molar-refractivity contribution in [3.05, 3.63) is 29.6 Å². The molecule has 2 heterocycles. The van der Waals surface area contributed by atoms with Crippen molar-refractivity contribution < 1.29 is 14.0 Å². The van der Waals surface area contributed by atoms with Gasteiger partial charge in [-0.05, 0) is 43.9 Å². The van der Waals surface area contributed by atoms with E-state index in [-0.39, 0.29) is 30.5 Å². The number of anilines is 1. The van der Waals surface area contributed by atoms with Crippen LogP contribution >= 0.6 is 0 Å². The normalized spacial score (nSPS) is 23.0. The van der Waals surface area contributed by atoms with Crippen LogP contribution in [0.15, 0.2) is 18.2 Å². The van der Waals surface area contributed by atoms with Crippen LogP contribution in [0.4, 0.5) is 10.1 Å². The first-order valence-corrected chi connectivity index (χ1v) is 7.45. The minimum Gasteiger partial charge on any atom is -0.331 e. The lowest BCUT2D eigenvalue weighted by Crippen LogP contribution is -2.50. The summed E-state index contributed by atoms with van der Waals surface area (Å²) < 4.78 is 14.2. The number of carbonyl (C=O) groups is 2. The molecule has 2 aliphatic rings. The highest BCUT2D eigenvalue weighted by Gasteiger charge is 2.38. The van der Waals surface area contributed by atoms with E-state index < -0.39 is 11.9 Å². The third-order valence-corrected chi connectivity index (χ3v) is 4.32. The van der Waals surface area contributed by atoms with Crippen LogP contribution in [-0.4, -0.2) is 35.8 Å². The van der Waals surface area contributed by atoms with Crippen LogP contribution in [0.3, 0.4) is 0 Å². The van der Waals surface area contributed by atoms with Crippen molar-refractivity contribution in [1.82, 2.24) is 4.90 Å². The Balaban J connectivity index is 1.95. The van der Waals surface area contributed by atoms with Crippen LogP contribution in [0.1, 0.15) is 31.2 Å². The van der Waals surface area contributed by atoms with Gasteiger partial charge in [-0.1, -0.05) is 6.07 Å². The maximum Gasteiger partial charge on any atom is 0.249 e. The third-order valence-electron chi connectivity index (χ3n) is 4.32. The summed E-state index contributed by atoms with van der Waals surface area (Å²) in [5.74, 6) is -0.550. The summed E-state index contributed by atoms with van der Waals surface area (Å²) in [6, 6.07) is 4.42. The van der Waals surface area contributed by atoms with Gasteiger partial charge in [0.05, 0.1) is 5.69 Å². The fourth-order valence-electron chi connectivity index (χ4n) is 3.20. The lowest BCUT2D eigenvalue weighted by atomic mass is 10.0. The topological polar surface area (TPSA) is 40.6 Å². The molecule has 21 heavy (non-hydrogen) atoms. The molecule has 0 spiro atoms. The average molecular weight is 290 g/mol. The molecule has 0 saturated carbocycles. The van der Waals surface area contributed by atoms with Crippen LogP contribution < -0.4 is 4.90 Å². The Kier molecular flexibility index (Phi) is 3.66. The van der Waals surface area contributed by atoms with Crippen LogP contribution in [0.25, 0.3) is 0 Å². The number of carbonyl (C=O) groups excluding carboxylic acids is 2. The molecule has 0 radical (unpaired) electrons. The first-order valence-electron chi connectivity index (χ1n) is 7.45. The third kappa shape index (κ3) is 2.52. The quantitative estimate of drug-likeness (QED) is 0.796. The second kappa shape index (κ2) is 5.47. The van der Waals surface area contributed by atoms with Gasteiger partial charge in [-0.2, -0.15) is 0 Å². The Morgan fingerprint density at radius 2 is 2.00 bits per heavy atom. The summed E-state index contributed by atoms with van der Waals surface area (Å²) in [4.78, 5) is 28.0. The molecule has 2 aliphatic heterocycles. The van der Waals surface area contributed by atoms with E-state index in [4.69, 9.17) is 0 Å². The van der Waals surface area contributed by atoms with Crippen molar-refractivity contribution in [1.29, 1.82) is 0 Å². The summed E-state index contributed by atoms with van der Waals surface area (Å²) in [6.07, 6.45) is 2.81. The Morgan fingerprint density at radius 3 is 2.76 bits per heavy atom. The van der Waals surface area contributed by atoms with Crippen LogP contribution in [0.2, 0.25) is 0 Å². The van der Waals surface area contributed by atoms with Gasteiger partial charge in [-0.25, -0.2) is 4.39 Å². The molecule has 2 saturated heterocycles. The van der Waals surface area contributed by atoms with Crippen molar-refractivity contribution in [2.24, 2.45) is 0 Å². The smallest absolute Gasteiger partial charge is 0.249 e. The van der Waals surface area contributed by atoms with Gasteiger partial charge in [-0.3, -0.25) is 9.59 Å². The predicted molar refractivity (Wildman–Crippen MR) is 77.5 cm³/mol. The number of amides is 2. The second-order valence-corrected chi connectivity index (χ2v) is 5.79. The van der Waals surface area contributed by atoms with Crippen molar-refractivity contribution in [2.75, 3.05) is 18.0 Å². The van der Waals surface area contributed by atoms with Gasteiger partial charge in [0.25, 0.3) is 0 Å². The highest BCUT2D eigenvalue weighted by atomic mass is 19.1. The summed E-state index contributed by atoms with van der Waals surface area (Å²) in [7, 11) is 0. The van der Waals surface area contributed by atoms with E-state index in [0.29, 0.717) is 13.0 Å². The van der Waals surface area contributed by atoms with Crippen molar-refractivity contribution in [3.8, 4) is 0 Å². The summed E-state index contributed by atoms with van der Waals surface area (Å²) >= 11 is 0. The van der Waals surface area contributed by atoms with Crippen LogP contribution in [0, 0.1) is 12.7 Å². The molecule has 112 valence electrons. The van der Waals surface area contributed by atoms with E-state index in [1.165, 1.54) is 11.0 Å². The molecule has 5 heteroatoms. The van der Waals surface area contributed by atoms with Gasteiger partial charge in [-0.15, -0.1) is 0 Å². The number of rotatable bonds is 1. The molecular formula is C16H19FN2O2. The monoisotopic (exact) mass is 290 g/mol. The Hall–Kier alpha value is -1.91. The number of benzene rings is 1. The van der Waals surface area contributed by atoms with E-state index >= 15 is 0 Å². The molecule has 1 aromatic carbocycles. The highest BCUT2D eigenvalue weighted by Crippen LogP contribution is 2.28. The number of hydrogen-bond acceptors (Lipinski definition) is 2. The number of piperidine rings is 1. The molecule has 0 bridgehead atoms. The van der Waals surface area contributed by atoms with E-state index in [0.717, 1.165) is 18.4 Å². The largest absolute Gasteiger partial charge is 0.331 e. The molecule has 1 unspecified atom stereocenters. The van der Waals surface area contributed by atoms with Gasteiger partial charge in [0.15, 0.2) is 0 Å². The molecule has 0 N–H and O–H groups in total. The van der Waals surface area contributed by atoms with Crippen molar-refractivity contribution in [3.63, 3.8) is 0 Å². The minimum atomic E-state index is -0.422. The zero-order valence-electron chi connectivity index (χ0n) is 12.1. The zero-order valence-corrected chi connectivity index (χ0v) is 12.1. The highest BCUT2D eigenvalue weighted by molar-refractivity contribution is 6.01. The molecule has 3 rings (SSSR count). The van der Waals surface area contributed by atoms with Crippen molar-refractivity contribution in [2.45, 2.75) is 38.6 Å². The molecule has 1 aromatic rings. The fraction of sp³-hybridized carbons (Fsp3) is 0.500. The lowest BCUT2D eigenvalue weighted by Gasteiger charge is -2.34. The van der Waals surface area contributed by atoms with E-state index in [1.54, 1.807) is 17.0 Å². The fourth-order valence-corrected chi connectivity index (χ4v) is 3.20. The molecule has 1 atom stereocenters. The standard InChI is InChI=1S/C16H19FN2O2/c1-11-5-6-13(12(17)10-11)19-9-7-15(20)18-8-3-2-4-14(18)16(19)21/h5-6,10,14H,2-4,7-9H2,1H3. The van der Waals surface area contributed by atoms with Gasteiger partial charge < -0.3 is 9.80 Å². The number of halogens is 1. The number of aryl methyl sites for hydroxylation is 1. The summed E-state index contributed by atoms with van der Waals surface area (Å²) in [5, 5.41) is 0. The number of nitrogens with zero attached hydrogens (tertiary/aromatic N) is 2. The molecule has 2 fully saturated rings. The SMILES string of the molecule is Cc1ccc(N2CCC(=O)N3CCCCC3C2=O)c(F)c1. The molecule has 0 aliphatic carbocycles. The average Bonchev–Trinajstić information content (AvgIpc) is 2.59. The zero-order chi connectivity index (χ0) is 15.0. The maximum atomic E-state index is 14.2. The van der Waals surface area contributed by atoms with E-state index in [2.05, 4.69) is 0 Å². The van der Waals surface area contributed by atoms with Crippen LogP contribution in [-0.2, 0) is 9.59 Å². The van der Waals surface area contributed by atoms with E-state index in [9.17, 15) is 14.0 Å². The van der Waals surface area contributed by atoms with Gasteiger partial charge in [0.2, 0.25) is 11.8 Å². The Morgan fingerprint density at radius 1 is 1.19 bits per heavy atom. The maximum absolute atomic E-state index is 14.2. The molecule has 2 amide bonds. The minimum absolute atomic E-state index is 0.00284. The van der Waals surface area contributed by atoms with Crippen LogP contribution in [0.5, 0.6) is 0 Å². The summed E-state index contributed by atoms with van der Waals surface area (Å²) in [6.45, 7) is 2.70. The Bertz CT molecular complexity index is 588. The number of fused-ring (bicyclic) bond motifs is 1. The van der Waals surface area contributed by atoms with Gasteiger partial charge in [0.1, 0.15) is 11.9 Å². The second-order valence-electron chi connectivity index (χ2n) is 5.79. The molecule has 0 aromatic heterocycles. The number of hydrogen-bond donors (Lipinski definition) is 0. The van der Waals surface area contributed by atoms with Gasteiger partial charge in [0, 0.05) is 19.5 Å². The first kappa shape index (κ1) is 14.0.